The Labute approximate surface area is 120 Å². The van der Waals surface area contributed by atoms with Gasteiger partial charge in [-0.1, -0.05) is 36.4 Å². The fourth-order valence-corrected chi connectivity index (χ4v) is 1.96. The average molecular weight is 279 g/mol. The topological polar surface area (TPSA) is 80.6 Å². The van der Waals surface area contributed by atoms with Crippen LogP contribution in [0.15, 0.2) is 70.2 Å². The van der Waals surface area contributed by atoms with E-state index in [0.29, 0.717) is 5.58 Å². The molecule has 0 spiro atoms. The highest BCUT2D eigenvalue weighted by atomic mass is 16.3. The van der Waals surface area contributed by atoms with E-state index in [0.717, 1.165) is 11.1 Å². The molecular weight excluding hydrogens is 266 g/mol. The van der Waals surface area contributed by atoms with Crippen LogP contribution in [0.4, 0.5) is 5.69 Å². The Hall–Kier alpha value is -3.08. The standard InChI is InChI=1S/C16H13N3O2/c17-15(20)13-10-11-6-4-5-9-14(11)21-16(13)19-18-12-7-2-1-3-8-12/h1-10,18H,(H2,17,20). The lowest BCUT2D eigenvalue weighted by Crippen LogP contribution is -2.22. The molecule has 1 aromatic heterocycles. The van der Waals surface area contributed by atoms with Gasteiger partial charge in [0, 0.05) is 5.39 Å². The molecule has 3 aromatic rings. The van der Waals surface area contributed by atoms with Crippen molar-refractivity contribution in [3.05, 3.63) is 71.8 Å². The number of fused-ring (bicyclic) bond motifs is 1. The molecule has 0 radical (unpaired) electrons. The van der Waals surface area contributed by atoms with Crippen molar-refractivity contribution in [1.82, 2.24) is 0 Å². The van der Waals surface area contributed by atoms with E-state index in [9.17, 15) is 4.79 Å². The number of rotatable bonds is 3. The molecule has 0 aliphatic heterocycles. The molecule has 0 aliphatic carbocycles. The van der Waals surface area contributed by atoms with Crippen molar-refractivity contribution in [2.45, 2.75) is 0 Å². The summed E-state index contributed by atoms with van der Waals surface area (Å²) in [5.41, 5.74) is 10.0. The molecule has 0 unspecified atom stereocenters. The first-order valence-electron chi connectivity index (χ1n) is 6.41. The number of benzene rings is 2. The van der Waals surface area contributed by atoms with Gasteiger partial charge in [-0.05, 0) is 24.3 Å². The number of carbonyl (C=O) groups is 1. The summed E-state index contributed by atoms with van der Waals surface area (Å²) in [7, 11) is 0. The first-order valence-corrected chi connectivity index (χ1v) is 6.41. The normalized spacial score (nSPS) is 11.5. The number of amides is 1. The molecule has 3 rings (SSSR count). The van der Waals surface area contributed by atoms with Crippen molar-refractivity contribution in [3.63, 3.8) is 0 Å². The monoisotopic (exact) mass is 279 g/mol. The SMILES string of the molecule is NC(=O)c1cc2ccccc2oc1=NNc1ccccc1. The third kappa shape index (κ3) is 2.76. The van der Waals surface area contributed by atoms with E-state index in [2.05, 4.69) is 10.5 Å². The van der Waals surface area contributed by atoms with Crippen LogP contribution in [0, 0.1) is 0 Å². The van der Waals surface area contributed by atoms with Crippen molar-refractivity contribution in [1.29, 1.82) is 0 Å². The summed E-state index contributed by atoms with van der Waals surface area (Å²) in [5.74, 6) is -0.585. The molecule has 0 fully saturated rings. The lowest BCUT2D eigenvalue weighted by atomic mass is 10.2. The van der Waals surface area contributed by atoms with Gasteiger partial charge in [0.1, 0.15) is 11.1 Å². The number of primary amides is 1. The second-order valence-electron chi connectivity index (χ2n) is 4.46. The van der Waals surface area contributed by atoms with E-state index in [1.54, 1.807) is 6.07 Å². The van der Waals surface area contributed by atoms with E-state index in [1.165, 1.54) is 0 Å². The molecule has 0 atom stereocenters. The number of hydrogen-bond acceptors (Lipinski definition) is 4. The van der Waals surface area contributed by atoms with E-state index >= 15 is 0 Å². The van der Waals surface area contributed by atoms with Gasteiger partial charge in [-0.3, -0.25) is 10.2 Å². The number of carbonyl (C=O) groups excluding carboxylic acids is 1. The molecule has 2 aromatic carbocycles. The van der Waals surface area contributed by atoms with Crippen LogP contribution >= 0.6 is 0 Å². The van der Waals surface area contributed by atoms with Crippen molar-refractivity contribution in [3.8, 4) is 0 Å². The van der Waals surface area contributed by atoms with E-state index in [4.69, 9.17) is 10.2 Å². The molecule has 1 amide bonds. The lowest BCUT2D eigenvalue weighted by molar-refractivity contribution is 0.0996. The summed E-state index contributed by atoms with van der Waals surface area (Å²) in [6, 6.07) is 18.4. The van der Waals surface area contributed by atoms with Crippen LogP contribution < -0.4 is 16.7 Å². The van der Waals surface area contributed by atoms with Gasteiger partial charge in [0.25, 0.3) is 5.91 Å². The van der Waals surface area contributed by atoms with Gasteiger partial charge >= 0.3 is 0 Å². The van der Waals surface area contributed by atoms with E-state index < -0.39 is 5.91 Å². The summed E-state index contributed by atoms with van der Waals surface area (Å²) in [5, 5.41) is 4.93. The third-order valence-corrected chi connectivity index (χ3v) is 2.98. The zero-order valence-corrected chi connectivity index (χ0v) is 11.1. The number of nitrogens with zero attached hydrogens (tertiary/aromatic N) is 1. The minimum absolute atomic E-state index is 0.157. The van der Waals surface area contributed by atoms with Gasteiger partial charge in [-0.15, -0.1) is 5.10 Å². The number of hydrogen-bond donors (Lipinski definition) is 2. The molecule has 0 aliphatic rings. The van der Waals surface area contributed by atoms with Gasteiger partial charge in [0.15, 0.2) is 0 Å². The number of nitrogens with one attached hydrogen (secondary N) is 1. The summed E-state index contributed by atoms with van der Waals surface area (Å²) in [6.45, 7) is 0. The second kappa shape index (κ2) is 5.50. The quantitative estimate of drug-likeness (QED) is 0.723. The van der Waals surface area contributed by atoms with Crippen LogP contribution in [0.25, 0.3) is 11.0 Å². The predicted octanol–water partition coefficient (Wildman–Crippen LogP) is 2.46. The highest BCUT2D eigenvalue weighted by molar-refractivity contribution is 5.95. The molecule has 3 N–H and O–H groups in total. The maximum Gasteiger partial charge on any atom is 0.254 e. The van der Waals surface area contributed by atoms with Crippen molar-refractivity contribution in [2.75, 3.05) is 5.43 Å². The third-order valence-electron chi connectivity index (χ3n) is 2.98. The van der Waals surface area contributed by atoms with E-state index in [1.807, 2.05) is 54.6 Å². The molecule has 0 saturated carbocycles. The van der Waals surface area contributed by atoms with Gasteiger partial charge in [-0.2, -0.15) is 0 Å². The molecule has 5 heteroatoms. The number of nitrogens with two attached hydrogens (primary N) is 1. The summed E-state index contributed by atoms with van der Waals surface area (Å²) >= 11 is 0. The molecule has 0 saturated heterocycles. The smallest absolute Gasteiger partial charge is 0.254 e. The number of anilines is 1. The molecule has 5 nitrogen and oxygen atoms in total. The van der Waals surface area contributed by atoms with Crippen LogP contribution in [-0.4, -0.2) is 5.91 Å². The maximum absolute atomic E-state index is 11.6. The lowest BCUT2D eigenvalue weighted by Gasteiger charge is -2.02. The average Bonchev–Trinajstić information content (AvgIpc) is 2.53. The molecule has 21 heavy (non-hydrogen) atoms. The van der Waals surface area contributed by atoms with Crippen LogP contribution in [-0.2, 0) is 0 Å². The Kier molecular flexibility index (Phi) is 3.39. The fourth-order valence-electron chi connectivity index (χ4n) is 1.96. The zero-order chi connectivity index (χ0) is 14.7. The van der Waals surface area contributed by atoms with Gasteiger partial charge in [0.05, 0.1) is 5.69 Å². The molecule has 104 valence electrons. The highest BCUT2D eigenvalue weighted by Crippen LogP contribution is 2.12. The van der Waals surface area contributed by atoms with Crippen LogP contribution in [0.3, 0.4) is 0 Å². The number of para-hydroxylation sites is 2. The Morgan fingerprint density at radius 1 is 1.05 bits per heavy atom. The second-order valence-corrected chi connectivity index (χ2v) is 4.46. The van der Waals surface area contributed by atoms with Crippen LogP contribution in [0.2, 0.25) is 0 Å². The Morgan fingerprint density at radius 3 is 2.52 bits per heavy atom. The van der Waals surface area contributed by atoms with Gasteiger partial charge in [-0.25, -0.2) is 0 Å². The minimum Gasteiger partial charge on any atom is -0.436 e. The van der Waals surface area contributed by atoms with Crippen LogP contribution in [0.5, 0.6) is 0 Å². The molecule has 1 heterocycles. The van der Waals surface area contributed by atoms with Gasteiger partial charge < -0.3 is 10.2 Å². The van der Waals surface area contributed by atoms with E-state index in [-0.39, 0.29) is 11.1 Å². The van der Waals surface area contributed by atoms with Crippen LogP contribution in [0.1, 0.15) is 10.4 Å². The first kappa shape index (κ1) is 12.9. The van der Waals surface area contributed by atoms with Gasteiger partial charge in [0.2, 0.25) is 5.55 Å². The maximum atomic E-state index is 11.6. The van der Waals surface area contributed by atoms with Crippen molar-refractivity contribution in [2.24, 2.45) is 10.8 Å². The summed E-state index contributed by atoms with van der Waals surface area (Å²) in [6.07, 6.45) is 0. The van der Waals surface area contributed by atoms with Crippen molar-refractivity contribution < 1.29 is 9.21 Å². The molecule has 0 bridgehead atoms. The Morgan fingerprint density at radius 2 is 1.76 bits per heavy atom. The summed E-state index contributed by atoms with van der Waals surface area (Å²) in [4.78, 5) is 11.6. The fraction of sp³-hybridized carbons (Fsp3) is 0. The summed E-state index contributed by atoms with van der Waals surface area (Å²) < 4.78 is 5.65. The molecular formula is C16H13N3O2. The minimum atomic E-state index is -0.585. The Bertz CT molecular complexity index is 854. The Balaban J connectivity index is 2.11. The highest BCUT2D eigenvalue weighted by Gasteiger charge is 2.08. The first-order chi connectivity index (χ1) is 10.2. The predicted molar refractivity (Wildman–Crippen MR) is 80.4 cm³/mol. The van der Waals surface area contributed by atoms with Crippen molar-refractivity contribution >= 4 is 22.6 Å². The largest absolute Gasteiger partial charge is 0.436 e. The zero-order valence-electron chi connectivity index (χ0n) is 11.1.